The Morgan fingerprint density at radius 3 is 2.35 bits per heavy atom. The number of aliphatic hydroxyl groups excluding tert-OH is 1. The van der Waals surface area contributed by atoms with Crippen LogP contribution < -0.4 is 10.6 Å². The van der Waals surface area contributed by atoms with Crippen molar-refractivity contribution >= 4 is 6.03 Å². The highest BCUT2D eigenvalue weighted by atomic mass is 16.3. The number of nitrogens with one attached hydrogen (secondary N) is 2. The molecule has 17 heavy (non-hydrogen) atoms. The topological polar surface area (TPSA) is 61.4 Å². The molecule has 0 spiro atoms. The molecule has 0 saturated heterocycles. The van der Waals surface area contributed by atoms with Crippen molar-refractivity contribution in [2.75, 3.05) is 13.2 Å². The van der Waals surface area contributed by atoms with Crippen LogP contribution in [-0.4, -0.2) is 30.3 Å². The van der Waals surface area contributed by atoms with E-state index >= 15 is 0 Å². The highest BCUT2D eigenvalue weighted by Crippen LogP contribution is 2.24. The third kappa shape index (κ3) is 4.19. The second-order valence-corrected chi connectivity index (χ2v) is 5.17. The van der Waals surface area contributed by atoms with Crippen LogP contribution >= 0.6 is 0 Å². The summed E-state index contributed by atoms with van der Waals surface area (Å²) in [7, 11) is 0. The summed E-state index contributed by atoms with van der Waals surface area (Å²) in [5.41, 5.74) is -0.160. The highest BCUT2D eigenvalue weighted by Gasteiger charge is 2.26. The predicted octanol–water partition coefficient (Wildman–Crippen LogP) is 2.03. The molecule has 0 aromatic rings. The van der Waals surface area contributed by atoms with Crippen LogP contribution in [0.2, 0.25) is 0 Å². The Balaban J connectivity index is 2.30. The maximum atomic E-state index is 11.7. The van der Waals surface area contributed by atoms with Gasteiger partial charge in [-0.05, 0) is 25.7 Å². The Bertz CT molecular complexity index is 225. The first kappa shape index (κ1) is 14.3. The summed E-state index contributed by atoms with van der Waals surface area (Å²) >= 11 is 0. The lowest BCUT2D eigenvalue weighted by Crippen LogP contribution is -2.46. The van der Waals surface area contributed by atoms with Crippen LogP contribution in [0.15, 0.2) is 0 Å². The van der Waals surface area contributed by atoms with E-state index in [0.717, 1.165) is 25.7 Å². The minimum atomic E-state index is -0.160. The molecule has 100 valence electrons. The molecule has 2 amide bonds. The minimum Gasteiger partial charge on any atom is -0.396 e. The van der Waals surface area contributed by atoms with Crippen molar-refractivity contribution in [2.24, 2.45) is 5.41 Å². The van der Waals surface area contributed by atoms with Gasteiger partial charge in [0.25, 0.3) is 0 Å². The molecule has 0 aliphatic heterocycles. The first-order valence-corrected chi connectivity index (χ1v) is 6.81. The Morgan fingerprint density at radius 2 is 1.88 bits per heavy atom. The SMILES string of the molecule is CCC(CC)(CO)CNC(=O)NC1CCCC1. The van der Waals surface area contributed by atoms with E-state index in [1.807, 2.05) is 0 Å². The average Bonchev–Trinajstić information content (AvgIpc) is 2.84. The largest absolute Gasteiger partial charge is 0.396 e. The summed E-state index contributed by atoms with van der Waals surface area (Å²) in [6.07, 6.45) is 6.39. The zero-order valence-corrected chi connectivity index (χ0v) is 11.1. The van der Waals surface area contributed by atoms with E-state index in [-0.39, 0.29) is 18.1 Å². The number of amides is 2. The molecule has 0 radical (unpaired) electrons. The highest BCUT2D eigenvalue weighted by molar-refractivity contribution is 5.74. The second-order valence-electron chi connectivity index (χ2n) is 5.17. The molecule has 0 atom stereocenters. The third-order valence-electron chi connectivity index (χ3n) is 4.15. The molecule has 1 saturated carbocycles. The van der Waals surface area contributed by atoms with Gasteiger partial charge >= 0.3 is 6.03 Å². The molecular formula is C13H26N2O2. The maximum absolute atomic E-state index is 11.7. The third-order valence-corrected chi connectivity index (χ3v) is 4.15. The zero-order chi connectivity index (χ0) is 12.7. The van der Waals surface area contributed by atoms with Crippen LogP contribution in [0.25, 0.3) is 0 Å². The molecule has 0 bridgehead atoms. The van der Waals surface area contributed by atoms with Gasteiger partial charge in [-0.1, -0.05) is 26.7 Å². The summed E-state index contributed by atoms with van der Waals surface area (Å²) < 4.78 is 0. The molecule has 4 nitrogen and oxygen atoms in total. The number of aliphatic hydroxyl groups is 1. The molecule has 3 N–H and O–H groups in total. The van der Waals surface area contributed by atoms with Crippen molar-refractivity contribution in [2.45, 2.75) is 58.4 Å². The van der Waals surface area contributed by atoms with Gasteiger partial charge in [-0.25, -0.2) is 4.79 Å². The molecule has 0 unspecified atom stereocenters. The van der Waals surface area contributed by atoms with Crippen molar-refractivity contribution in [1.29, 1.82) is 0 Å². The lowest BCUT2D eigenvalue weighted by Gasteiger charge is -2.29. The fourth-order valence-electron chi connectivity index (χ4n) is 2.35. The maximum Gasteiger partial charge on any atom is 0.315 e. The smallest absolute Gasteiger partial charge is 0.315 e. The average molecular weight is 242 g/mol. The van der Waals surface area contributed by atoms with Gasteiger partial charge in [-0.15, -0.1) is 0 Å². The van der Waals surface area contributed by atoms with Crippen LogP contribution in [0, 0.1) is 5.41 Å². The molecule has 0 heterocycles. The summed E-state index contributed by atoms with van der Waals surface area (Å²) in [6, 6.07) is 0.262. The van der Waals surface area contributed by atoms with Gasteiger partial charge in [0.1, 0.15) is 0 Å². The Morgan fingerprint density at radius 1 is 1.29 bits per heavy atom. The van der Waals surface area contributed by atoms with Crippen LogP contribution in [0.4, 0.5) is 4.79 Å². The molecule has 1 aliphatic rings. The number of carbonyl (C=O) groups is 1. The molecule has 1 aliphatic carbocycles. The molecule has 4 heteroatoms. The molecular weight excluding hydrogens is 216 g/mol. The van der Waals surface area contributed by atoms with Gasteiger partial charge in [-0.2, -0.15) is 0 Å². The predicted molar refractivity (Wildman–Crippen MR) is 68.9 cm³/mol. The van der Waals surface area contributed by atoms with E-state index in [9.17, 15) is 9.90 Å². The van der Waals surface area contributed by atoms with E-state index in [1.165, 1.54) is 12.8 Å². The first-order valence-electron chi connectivity index (χ1n) is 6.81. The van der Waals surface area contributed by atoms with Gasteiger partial charge in [0.15, 0.2) is 0 Å². The van der Waals surface area contributed by atoms with Crippen molar-refractivity contribution in [1.82, 2.24) is 10.6 Å². The summed E-state index contributed by atoms with van der Waals surface area (Å²) in [6.45, 7) is 4.78. The monoisotopic (exact) mass is 242 g/mol. The van der Waals surface area contributed by atoms with E-state index in [0.29, 0.717) is 12.6 Å². The van der Waals surface area contributed by atoms with Gasteiger partial charge in [0.2, 0.25) is 0 Å². The molecule has 0 aromatic carbocycles. The van der Waals surface area contributed by atoms with Crippen molar-refractivity contribution in [3.05, 3.63) is 0 Å². The fourth-order valence-corrected chi connectivity index (χ4v) is 2.35. The van der Waals surface area contributed by atoms with E-state index < -0.39 is 0 Å². The number of carbonyl (C=O) groups excluding carboxylic acids is 1. The summed E-state index contributed by atoms with van der Waals surface area (Å²) in [4.78, 5) is 11.7. The van der Waals surface area contributed by atoms with Gasteiger partial charge < -0.3 is 15.7 Å². The fraction of sp³-hybridized carbons (Fsp3) is 0.923. The van der Waals surface area contributed by atoms with Crippen LogP contribution in [0.3, 0.4) is 0 Å². The van der Waals surface area contributed by atoms with Gasteiger partial charge in [-0.3, -0.25) is 0 Å². The number of hydrogen-bond acceptors (Lipinski definition) is 2. The molecule has 0 aromatic heterocycles. The standard InChI is InChI=1S/C13H26N2O2/c1-3-13(4-2,10-16)9-14-12(17)15-11-7-5-6-8-11/h11,16H,3-10H2,1-2H3,(H2,14,15,17). The van der Waals surface area contributed by atoms with Gasteiger partial charge in [0, 0.05) is 18.0 Å². The Labute approximate surface area is 104 Å². The quantitative estimate of drug-likeness (QED) is 0.667. The minimum absolute atomic E-state index is 0.0865. The summed E-state index contributed by atoms with van der Waals surface area (Å²) in [5.74, 6) is 0. The number of urea groups is 1. The van der Waals surface area contributed by atoms with E-state index in [2.05, 4.69) is 24.5 Å². The van der Waals surface area contributed by atoms with E-state index in [1.54, 1.807) is 0 Å². The zero-order valence-electron chi connectivity index (χ0n) is 11.1. The van der Waals surface area contributed by atoms with Crippen molar-refractivity contribution < 1.29 is 9.90 Å². The van der Waals surface area contributed by atoms with Crippen molar-refractivity contribution in [3.8, 4) is 0 Å². The Kier molecular flexibility index (Phi) is 5.75. The normalized spacial score (nSPS) is 17.1. The van der Waals surface area contributed by atoms with Gasteiger partial charge in [0.05, 0.1) is 6.61 Å². The number of hydrogen-bond donors (Lipinski definition) is 3. The summed E-state index contributed by atoms with van der Waals surface area (Å²) in [5, 5.41) is 15.3. The second kappa shape index (κ2) is 6.84. The lowest BCUT2D eigenvalue weighted by atomic mass is 9.83. The van der Waals surface area contributed by atoms with Crippen LogP contribution in [0.1, 0.15) is 52.4 Å². The Hall–Kier alpha value is -0.770. The van der Waals surface area contributed by atoms with Crippen LogP contribution in [-0.2, 0) is 0 Å². The van der Waals surface area contributed by atoms with Crippen LogP contribution in [0.5, 0.6) is 0 Å². The molecule has 1 rings (SSSR count). The number of rotatable bonds is 6. The lowest BCUT2D eigenvalue weighted by molar-refractivity contribution is 0.115. The first-order chi connectivity index (χ1) is 8.15. The molecule has 1 fully saturated rings. The van der Waals surface area contributed by atoms with E-state index in [4.69, 9.17) is 0 Å². The van der Waals surface area contributed by atoms with Crippen molar-refractivity contribution in [3.63, 3.8) is 0 Å².